The first-order valence-electron chi connectivity index (χ1n) is 3.92. The van der Waals surface area contributed by atoms with Gasteiger partial charge in [-0.05, 0) is 26.0 Å². The zero-order valence-electron chi connectivity index (χ0n) is 7.70. The Balaban J connectivity index is 3.85. The summed E-state index contributed by atoms with van der Waals surface area (Å²) in [7, 11) is 0. The molecule has 0 aromatic heterocycles. The number of hydrogen-bond acceptors (Lipinski definition) is 1. The van der Waals surface area contributed by atoms with Crippen molar-refractivity contribution in [1.82, 2.24) is 0 Å². The van der Waals surface area contributed by atoms with Crippen LogP contribution in [0.3, 0.4) is 0 Å². The van der Waals surface area contributed by atoms with Crippen LogP contribution in [0.1, 0.15) is 13.8 Å². The van der Waals surface area contributed by atoms with Crippen LogP contribution in [0.25, 0.3) is 0 Å². The maximum absolute atomic E-state index is 4.08. The molecule has 0 fully saturated rings. The van der Waals surface area contributed by atoms with Crippen LogP contribution in [0.15, 0.2) is 54.2 Å². The molecule has 12 heavy (non-hydrogen) atoms. The molecule has 0 N–H and O–H groups in total. The molecule has 0 saturated heterocycles. The van der Waals surface area contributed by atoms with E-state index in [-0.39, 0.29) is 0 Å². The number of rotatable bonds is 4. The van der Waals surface area contributed by atoms with Crippen LogP contribution in [0.4, 0.5) is 0 Å². The molecule has 0 bridgehead atoms. The SMILES string of the molecule is C=CC(C)=N\C=C/C=C/C=C\C. The lowest BCUT2D eigenvalue weighted by Gasteiger charge is -1.82. The largest absolute Gasteiger partial charge is 0.262 e. The predicted octanol–water partition coefficient (Wildman–Crippen LogP) is 3.28. The second kappa shape index (κ2) is 7.73. The van der Waals surface area contributed by atoms with Gasteiger partial charge in [0.15, 0.2) is 0 Å². The fourth-order valence-electron chi connectivity index (χ4n) is 0.502. The van der Waals surface area contributed by atoms with E-state index in [0.29, 0.717) is 0 Å². The van der Waals surface area contributed by atoms with Gasteiger partial charge in [-0.3, -0.25) is 4.99 Å². The van der Waals surface area contributed by atoms with Gasteiger partial charge in [0.1, 0.15) is 0 Å². The highest BCUT2D eigenvalue weighted by Gasteiger charge is 1.72. The molecule has 0 unspecified atom stereocenters. The maximum Gasteiger partial charge on any atom is 0.0366 e. The average molecular weight is 161 g/mol. The van der Waals surface area contributed by atoms with Crippen molar-refractivity contribution >= 4 is 5.71 Å². The van der Waals surface area contributed by atoms with E-state index in [2.05, 4.69) is 11.6 Å². The molecule has 0 aromatic carbocycles. The first-order valence-corrected chi connectivity index (χ1v) is 3.92. The monoisotopic (exact) mass is 161 g/mol. The normalized spacial score (nSPS) is 13.7. The van der Waals surface area contributed by atoms with Crippen LogP contribution in [-0.4, -0.2) is 5.71 Å². The molecule has 0 amide bonds. The average Bonchev–Trinajstić information content (AvgIpc) is 2.10. The van der Waals surface area contributed by atoms with E-state index < -0.39 is 0 Å². The van der Waals surface area contributed by atoms with Crippen LogP contribution in [-0.2, 0) is 0 Å². The predicted molar refractivity (Wildman–Crippen MR) is 56.4 cm³/mol. The summed E-state index contributed by atoms with van der Waals surface area (Å²) in [5.41, 5.74) is 0.922. The minimum Gasteiger partial charge on any atom is -0.262 e. The fourth-order valence-corrected chi connectivity index (χ4v) is 0.502. The van der Waals surface area contributed by atoms with Crippen molar-refractivity contribution in [2.24, 2.45) is 4.99 Å². The topological polar surface area (TPSA) is 12.4 Å². The Bertz CT molecular complexity index is 229. The van der Waals surface area contributed by atoms with Gasteiger partial charge in [-0.1, -0.05) is 30.9 Å². The van der Waals surface area contributed by atoms with Crippen molar-refractivity contribution in [1.29, 1.82) is 0 Å². The minimum absolute atomic E-state index is 0.922. The lowest BCUT2D eigenvalue weighted by atomic mass is 10.4. The molecule has 0 rings (SSSR count). The second-order valence-corrected chi connectivity index (χ2v) is 2.23. The van der Waals surface area contributed by atoms with E-state index in [4.69, 9.17) is 0 Å². The molecule has 0 aliphatic carbocycles. The van der Waals surface area contributed by atoms with E-state index in [1.807, 2.05) is 44.2 Å². The Kier molecular flexibility index (Phi) is 6.85. The van der Waals surface area contributed by atoms with Gasteiger partial charge in [0.2, 0.25) is 0 Å². The Labute approximate surface area is 74.5 Å². The molecule has 0 aromatic rings. The Morgan fingerprint density at radius 2 is 1.83 bits per heavy atom. The highest BCUT2D eigenvalue weighted by Crippen LogP contribution is 1.83. The summed E-state index contributed by atoms with van der Waals surface area (Å²) in [6.07, 6.45) is 13.2. The molecule has 0 saturated carbocycles. The van der Waals surface area contributed by atoms with Crippen molar-refractivity contribution < 1.29 is 0 Å². The third-order valence-electron chi connectivity index (χ3n) is 1.19. The van der Waals surface area contributed by atoms with Gasteiger partial charge in [-0.15, -0.1) is 0 Å². The van der Waals surface area contributed by atoms with E-state index in [1.165, 1.54) is 0 Å². The number of nitrogens with zero attached hydrogens (tertiary/aromatic N) is 1. The zero-order chi connectivity index (χ0) is 9.23. The van der Waals surface area contributed by atoms with Crippen LogP contribution in [0, 0.1) is 0 Å². The standard InChI is InChI=1S/C11H15N/c1-4-6-7-8-9-10-12-11(3)5-2/h4-10H,2H2,1,3H3/b6-4-,8-7+,10-9-,12-11?. The van der Waals surface area contributed by atoms with E-state index in [0.717, 1.165) is 5.71 Å². The molecular weight excluding hydrogens is 146 g/mol. The molecule has 64 valence electrons. The number of allylic oxidation sites excluding steroid dienone is 6. The summed E-state index contributed by atoms with van der Waals surface area (Å²) in [4.78, 5) is 4.08. The summed E-state index contributed by atoms with van der Waals surface area (Å²) in [5.74, 6) is 0. The third-order valence-corrected chi connectivity index (χ3v) is 1.19. The van der Waals surface area contributed by atoms with Gasteiger partial charge in [0, 0.05) is 11.9 Å². The van der Waals surface area contributed by atoms with Gasteiger partial charge in [-0.2, -0.15) is 0 Å². The molecule has 1 heteroatoms. The van der Waals surface area contributed by atoms with Crippen molar-refractivity contribution in [3.8, 4) is 0 Å². The summed E-state index contributed by atoms with van der Waals surface area (Å²) in [6, 6.07) is 0. The first kappa shape index (κ1) is 10.6. The third kappa shape index (κ3) is 6.75. The van der Waals surface area contributed by atoms with Crippen molar-refractivity contribution in [2.45, 2.75) is 13.8 Å². The lowest BCUT2D eigenvalue weighted by Crippen LogP contribution is -1.78. The summed E-state index contributed by atoms with van der Waals surface area (Å²) in [6.45, 7) is 7.49. The van der Waals surface area contributed by atoms with Gasteiger partial charge >= 0.3 is 0 Å². The number of hydrogen-bond donors (Lipinski definition) is 0. The smallest absolute Gasteiger partial charge is 0.0366 e. The quantitative estimate of drug-likeness (QED) is 0.443. The summed E-state index contributed by atoms with van der Waals surface area (Å²) < 4.78 is 0. The van der Waals surface area contributed by atoms with Crippen molar-refractivity contribution in [3.05, 3.63) is 49.2 Å². The van der Waals surface area contributed by atoms with E-state index >= 15 is 0 Å². The molecule has 1 nitrogen and oxygen atoms in total. The van der Waals surface area contributed by atoms with Gasteiger partial charge < -0.3 is 0 Å². The molecular formula is C11H15N. The Morgan fingerprint density at radius 1 is 1.17 bits per heavy atom. The Morgan fingerprint density at radius 3 is 2.42 bits per heavy atom. The van der Waals surface area contributed by atoms with Crippen LogP contribution >= 0.6 is 0 Å². The van der Waals surface area contributed by atoms with Crippen molar-refractivity contribution in [2.75, 3.05) is 0 Å². The highest BCUT2D eigenvalue weighted by molar-refractivity contribution is 5.92. The number of aliphatic imine (C=N–C) groups is 1. The van der Waals surface area contributed by atoms with Crippen molar-refractivity contribution in [3.63, 3.8) is 0 Å². The minimum atomic E-state index is 0.922. The lowest BCUT2D eigenvalue weighted by molar-refractivity contribution is 1.54. The van der Waals surface area contributed by atoms with Crippen LogP contribution in [0.5, 0.6) is 0 Å². The van der Waals surface area contributed by atoms with Crippen LogP contribution in [0.2, 0.25) is 0 Å². The summed E-state index contributed by atoms with van der Waals surface area (Å²) >= 11 is 0. The Hall–Kier alpha value is -1.37. The second-order valence-electron chi connectivity index (χ2n) is 2.23. The molecule has 0 atom stereocenters. The van der Waals surface area contributed by atoms with Gasteiger partial charge in [-0.25, -0.2) is 0 Å². The molecule has 0 radical (unpaired) electrons. The van der Waals surface area contributed by atoms with E-state index in [9.17, 15) is 0 Å². The fraction of sp³-hybridized carbons (Fsp3) is 0.182. The maximum atomic E-state index is 4.08. The molecule has 0 aliphatic rings. The molecule has 0 spiro atoms. The van der Waals surface area contributed by atoms with Gasteiger partial charge in [0.25, 0.3) is 0 Å². The van der Waals surface area contributed by atoms with Gasteiger partial charge in [0.05, 0.1) is 0 Å². The van der Waals surface area contributed by atoms with E-state index in [1.54, 1.807) is 12.3 Å². The molecule has 0 heterocycles. The molecule has 0 aliphatic heterocycles. The zero-order valence-corrected chi connectivity index (χ0v) is 7.70. The summed E-state index contributed by atoms with van der Waals surface area (Å²) in [5, 5.41) is 0. The first-order chi connectivity index (χ1) is 5.81. The highest BCUT2D eigenvalue weighted by atomic mass is 14.7. The van der Waals surface area contributed by atoms with Crippen LogP contribution < -0.4 is 0 Å².